The number of benzene rings is 1. The van der Waals surface area contributed by atoms with Gasteiger partial charge in [0.05, 0.1) is 5.52 Å². The van der Waals surface area contributed by atoms with E-state index in [0.717, 1.165) is 29.3 Å². The number of piperidine rings is 1. The molecule has 3 amide bonds. The van der Waals surface area contributed by atoms with Crippen molar-refractivity contribution in [2.75, 3.05) is 0 Å². The van der Waals surface area contributed by atoms with Crippen LogP contribution in [0.5, 0.6) is 0 Å². The van der Waals surface area contributed by atoms with Gasteiger partial charge in [0.2, 0.25) is 11.8 Å². The monoisotopic (exact) mass is 377 g/mol. The average Bonchev–Trinajstić information content (AvgIpc) is 3.16. The molecule has 3 saturated heterocycles. The molecular weight excluding hydrogens is 354 g/mol. The van der Waals surface area contributed by atoms with Gasteiger partial charge in [0.1, 0.15) is 0 Å². The predicted octanol–water partition coefficient (Wildman–Crippen LogP) is 2.83. The zero-order valence-corrected chi connectivity index (χ0v) is 15.9. The van der Waals surface area contributed by atoms with Crippen molar-refractivity contribution >= 4 is 28.6 Å². The second-order valence-electron chi connectivity index (χ2n) is 8.24. The van der Waals surface area contributed by atoms with Gasteiger partial charge >= 0.3 is 0 Å². The zero-order valence-electron chi connectivity index (χ0n) is 15.9. The van der Waals surface area contributed by atoms with Crippen molar-refractivity contribution in [2.24, 2.45) is 0 Å². The van der Waals surface area contributed by atoms with Gasteiger partial charge in [-0.15, -0.1) is 0 Å². The Morgan fingerprint density at radius 2 is 1.68 bits per heavy atom. The highest BCUT2D eigenvalue weighted by atomic mass is 16.2. The van der Waals surface area contributed by atoms with Gasteiger partial charge in [0, 0.05) is 48.1 Å². The molecule has 4 heterocycles. The van der Waals surface area contributed by atoms with Crippen LogP contribution in [-0.2, 0) is 9.59 Å². The molecule has 0 aliphatic carbocycles. The smallest absolute Gasteiger partial charge is 0.254 e. The number of nitrogens with zero attached hydrogens (tertiary/aromatic N) is 3. The summed E-state index contributed by atoms with van der Waals surface area (Å²) in [5.41, 5.74) is 2.68. The first-order valence-electron chi connectivity index (χ1n) is 10.1. The lowest BCUT2D eigenvalue weighted by Gasteiger charge is -2.41. The highest BCUT2D eigenvalue weighted by molar-refractivity contribution is 6.02. The second-order valence-corrected chi connectivity index (χ2v) is 8.24. The SMILES string of the molecule is Cc1ccnc2ccc(C(=O)N3C4CCC3CC(N3C(=O)CCC3=O)C4)cc12. The van der Waals surface area contributed by atoms with Crippen LogP contribution in [0, 0.1) is 6.92 Å². The van der Waals surface area contributed by atoms with Crippen LogP contribution < -0.4 is 0 Å². The van der Waals surface area contributed by atoms with Gasteiger partial charge in [-0.25, -0.2) is 0 Å². The molecule has 1 aromatic carbocycles. The maximum atomic E-state index is 13.3. The molecule has 0 N–H and O–H groups in total. The van der Waals surface area contributed by atoms with Crippen LogP contribution >= 0.6 is 0 Å². The average molecular weight is 377 g/mol. The number of hydrogen-bond acceptors (Lipinski definition) is 4. The fourth-order valence-corrected chi connectivity index (χ4v) is 5.26. The minimum absolute atomic E-state index is 0.0490. The lowest BCUT2D eigenvalue weighted by molar-refractivity contribution is -0.142. The summed E-state index contributed by atoms with van der Waals surface area (Å²) < 4.78 is 0. The Bertz CT molecular complexity index is 972. The topological polar surface area (TPSA) is 70.6 Å². The van der Waals surface area contributed by atoms with Crippen LogP contribution in [-0.4, -0.2) is 50.6 Å². The van der Waals surface area contributed by atoms with Gasteiger partial charge < -0.3 is 4.90 Å². The van der Waals surface area contributed by atoms with E-state index in [4.69, 9.17) is 0 Å². The number of hydrogen-bond donors (Lipinski definition) is 0. The van der Waals surface area contributed by atoms with E-state index in [0.29, 0.717) is 31.2 Å². The quantitative estimate of drug-likeness (QED) is 0.755. The van der Waals surface area contributed by atoms with Gasteiger partial charge in [-0.1, -0.05) is 0 Å². The number of rotatable bonds is 2. The summed E-state index contributed by atoms with van der Waals surface area (Å²) in [5, 5.41) is 1.00. The Labute approximate surface area is 163 Å². The molecule has 6 heteroatoms. The van der Waals surface area contributed by atoms with Crippen molar-refractivity contribution in [2.45, 2.75) is 63.6 Å². The van der Waals surface area contributed by atoms with Gasteiger partial charge in [-0.05, 0) is 62.4 Å². The van der Waals surface area contributed by atoms with Gasteiger partial charge in [-0.2, -0.15) is 0 Å². The molecular formula is C22H23N3O3. The summed E-state index contributed by atoms with van der Waals surface area (Å²) in [7, 11) is 0. The highest BCUT2D eigenvalue weighted by Crippen LogP contribution is 2.40. The van der Waals surface area contributed by atoms with E-state index in [-0.39, 0.29) is 35.8 Å². The second kappa shape index (κ2) is 6.40. The summed E-state index contributed by atoms with van der Waals surface area (Å²) in [6.07, 6.45) is 5.73. The number of imide groups is 1. The van der Waals surface area contributed by atoms with Crippen molar-refractivity contribution < 1.29 is 14.4 Å². The van der Waals surface area contributed by atoms with Crippen LogP contribution in [0.1, 0.15) is 54.4 Å². The number of aryl methyl sites for hydroxylation is 1. The van der Waals surface area contributed by atoms with Gasteiger partial charge in [-0.3, -0.25) is 24.3 Å². The van der Waals surface area contributed by atoms with E-state index in [1.165, 1.54) is 4.90 Å². The number of carbonyl (C=O) groups excluding carboxylic acids is 3. The molecule has 2 atom stereocenters. The van der Waals surface area contributed by atoms with Crippen LogP contribution in [0.15, 0.2) is 30.5 Å². The molecule has 3 aliphatic rings. The zero-order chi connectivity index (χ0) is 19.4. The number of amides is 3. The lowest BCUT2D eigenvalue weighted by atomic mass is 9.94. The molecule has 3 aliphatic heterocycles. The van der Waals surface area contributed by atoms with Crippen molar-refractivity contribution in [1.82, 2.24) is 14.8 Å². The fourth-order valence-electron chi connectivity index (χ4n) is 5.26. The third kappa shape index (κ3) is 2.62. The maximum Gasteiger partial charge on any atom is 0.254 e. The third-order valence-corrected chi connectivity index (χ3v) is 6.60. The molecule has 6 nitrogen and oxygen atoms in total. The van der Waals surface area contributed by atoms with Crippen molar-refractivity contribution in [3.8, 4) is 0 Å². The third-order valence-electron chi connectivity index (χ3n) is 6.60. The Morgan fingerprint density at radius 1 is 1.00 bits per heavy atom. The molecule has 0 saturated carbocycles. The number of likely N-dealkylation sites (tertiary alicyclic amines) is 1. The van der Waals surface area contributed by atoms with E-state index in [2.05, 4.69) is 4.98 Å². The molecule has 28 heavy (non-hydrogen) atoms. The Morgan fingerprint density at radius 3 is 2.36 bits per heavy atom. The summed E-state index contributed by atoms with van der Waals surface area (Å²) in [6.45, 7) is 2.03. The van der Waals surface area contributed by atoms with Crippen molar-refractivity contribution in [1.29, 1.82) is 0 Å². The van der Waals surface area contributed by atoms with E-state index >= 15 is 0 Å². The molecule has 2 bridgehead atoms. The lowest BCUT2D eigenvalue weighted by Crippen LogP contribution is -2.53. The minimum atomic E-state index is -0.0494. The normalized spacial score (nSPS) is 27.1. The maximum absolute atomic E-state index is 13.3. The minimum Gasteiger partial charge on any atom is -0.333 e. The van der Waals surface area contributed by atoms with E-state index in [1.54, 1.807) is 6.20 Å². The molecule has 2 aromatic rings. The number of carbonyl (C=O) groups is 3. The van der Waals surface area contributed by atoms with Crippen molar-refractivity contribution in [3.63, 3.8) is 0 Å². The van der Waals surface area contributed by atoms with Crippen LogP contribution in [0.4, 0.5) is 0 Å². The highest BCUT2D eigenvalue weighted by Gasteiger charge is 2.47. The van der Waals surface area contributed by atoms with E-state index < -0.39 is 0 Å². The first-order valence-corrected chi connectivity index (χ1v) is 10.1. The molecule has 0 spiro atoms. The Hall–Kier alpha value is -2.76. The molecule has 5 rings (SSSR count). The first kappa shape index (κ1) is 17.3. The summed E-state index contributed by atoms with van der Waals surface area (Å²) in [6, 6.07) is 7.81. The molecule has 144 valence electrons. The van der Waals surface area contributed by atoms with Crippen molar-refractivity contribution in [3.05, 3.63) is 41.6 Å². The van der Waals surface area contributed by atoms with Crippen LogP contribution in [0.3, 0.4) is 0 Å². The molecule has 2 unspecified atom stereocenters. The van der Waals surface area contributed by atoms with E-state index in [9.17, 15) is 14.4 Å². The Balaban J connectivity index is 1.41. The predicted molar refractivity (Wildman–Crippen MR) is 104 cm³/mol. The van der Waals surface area contributed by atoms with Crippen LogP contribution in [0.2, 0.25) is 0 Å². The molecule has 0 radical (unpaired) electrons. The number of fused-ring (bicyclic) bond motifs is 3. The molecule has 1 aromatic heterocycles. The number of aromatic nitrogens is 1. The van der Waals surface area contributed by atoms with E-state index in [1.807, 2.05) is 36.1 Å². The number of pyridine rings is 1. The van der Waals surface area contributed by atoms with Gasteiger partial charge in [0.25, 0.3) is 5.91 Å². The molecule has 3 fully saturated rings. The first-order chi connectivity index (χ1) is 13.5. The Kier molecular flexibility index (Phi) is 3.96. The summed E-state index contributed by atoms with van der Waals surface area (Å²) >= 11 is 0. The van der Waals surface area contributed by atoms with Crippen LogP contribution in [0.25, 0.3) is 10.9 Å². The largest absolute Gasteiger partial charge is 0.333 e. The fraction of sp³-hybridized carbons (Fsp3) is 0.455. The summed E-state index contributed by atoms with van der Waals surface area (Å²) in [4.78, 5) is 45.5. The summed E-state index contributed by atoms with van der Waals surface area (Å²) in [5.74, 6) is -0.0476. The van der Waals surface area contributed by atoms with Gasteiger partial charge in [0.15, 0.2) is 0 Å². The standard InChI is InChI=1S/C22H23N3O3/c1-13-8-9-23-19-5-2-14(10-18(13)19)22(28)24-15-3-4-16(24)12-17(11-15)25-20(26)6-7-21(25)27/h2,5,8-10,15-17H,3-4,6-7,11-12H2,1H3.